The maximum atomic E-state index is 6.26. The van der Waals surface area contributed by atoms with Crippen molar-refractivity contribution >= 4 is 23.7 Å². The van der Waals surface area contributed by atoms with Gasteiger partial charge in [0.05, 0.1) is 12.2 Å². The molecule has 1 fully saturated rings. The van der Waals surface area contributed by atoms with E-state index in [0.717, 1.165) is 43.5 Å². The summed E-state index contributed by atoms with van der Waals surface area (Å²) in [5.41, 5.74) is 7.04. The van der Waals surface area contributed by atoms with E-state index in [-0.39, 0.29) is 18.8 Å². The molecule has 36 heavy (non-hydrogen) atoms. The predicted molar refractivity (Wildman–Crippen MR) is 152 cm³/mol. The average Bonchev–Trinajstić information content (AvgIpc) is 2.87. The Balaban J connectivity index is 1.71. The van der Waals surface area contributed by atoms with Crippen molar-refractivity contribution in [1.29, 1.82) is 0 Å². The predicted octanol–water partition coefficient (Wildman–Crippen LogP) is 7.53. The zero-order valence-electron chi connectivity index (χ0n) is 22.4. The lowest BCUT2D eigenvalue weighted by atomic mass is 9.74. The number of ether oxygens (including phenoxy) is 1. The summed E-state index contributed by atoms with van der Waals surface area (Å²) in [6, 6.07) is 27.9. The summed E-state index contributed by atoms with van der Waals surface area (Å²) >= 11 is 0. The molecule has 0 N–H and O–H groups in total. The molecule has 188 valence electrons. The smallest absolute Gasteiger partial charge is 0.494 e. The first-order chi connectivity index (χ1) is 17.4. The molecule has 1 heterocycles. The summed E-state index contributed by atoms with van der Waals surface area (Å²) in [6.07, 6.45) is 4.18. The second-order valence-electron chi connectivity index (χ2n) is 10.3. The summed E-state index contributed by atoms with van der Waals surface area (Å²) in [6.45, 7) is 11.6. The average molecular weight is 482 g/mol. The molecule has 1 saturated heterocycles. The Morgan fingerprint density at radius 1 is 0.889 bits per heavy atom. The summed E-state index contributed by atoms with van der Waals surface area (Å²) in [5, 5.41) is 0. The van der Waals surface area contributed by atoms with Gasteiger partial charge in [0.2, 0.25) is 0 Å². The number of unbranched alkanes of at least 4 members (excludes halogenated alkanes) is 1. The third-order valence-corrected chi connectivity index (χ3v) is 6.72. The van der Waals surface area contributed by atoms with Crippen LogP contribution in [0.25, 0.3) is 11.1 Å². The molecule has 0 amide bonds. The van der Waals surface area contributed by atoms with E-state index < -0.39 is 0 Å². The van der Waals surface area contributed by atoms with Gasteiger partial charge in [-0.05, 0) is 85.5 Å². The summed E-state index contributed by atoms with van der Waals surface area (Å²) < 4.78 is 18.3. The lowest BCUT2D eigenvalue weighted by Crippen LogP contribution is -2.51. The minimum Gasteiger partial charge on any atom is -0.494 e. The van der Waals surface area contributed by atoms with Gasteiger partial charge < -0.3 is 14.0 Å². The second-order valence-corrected chi connectivity index (χ2v) is 10.3. The Morgan fingerprint density at radius 3 is 2.11 bits per heavy atom. The number of allylic oxidation sites excluding steroid dienone is 1. The Hall–Kier alpha value is -2.82. The highest BCUT2D eigenvalue weighted by atomic mass is 16.6. The summed E-state index contributed by atoms with van der Waals surface area (Å²) in [5.74, 6) is 0.919. The summed E-state index contributed by atoms with van der Waals surface area (Å²) in [7, 11) is -0.343. The van der Waals surface area contributed by atoms with Gasteiger partial charge in [-0.15, -0.1) is 0 Å². The number of rotatable bonds is 9. The van der Waals surface area contributed by atoms with E-state index in [9.17, 15) is 0 Å². The van der Waals surface area contributed by atoms with Crippen LogP contribution in [0.4, 0.5) is 0 Å². The standard InChI is InChI=1S/C32H39BO3/c1-6-8-22-34-29-20-16-27(17-21-29)31(30(7-2)25-12-10-9-11-13-25)26-14-18-28(19-15-26)33-35-24(3)23-32(4,5)36-33/h9-21,24H,6-8,22-23H2,1-5H3. The van der Waals surface area contributed by atoms with E-state index in [1.807, 2.05) is 0 Å². The van der Waals surface area contributed by atoms with Crippen molar-refractivity contribution in [3.8, 4) is 5.75 Å². The number of hydrogen-bond donors (Lipinski definition) is 0. The van der Waals surface area contributed by atoms with Crippen LogP contribution in [0.1, 0.15) is 77.0 Å². The molecule has 1 aliphatic rings. The van der Waals surface area contributed by atoms with Gasteiger partial charge in [-0.25, -0.2) is 0 Å². The van der Waals surface area contributed by atoms with Crippen molar-refractivity contribution in [3.05, 3.63) is 95.6 Å². The van der Waals surface area contributed by atoms with E-state index in [0.29, 0.717) is 0 Å². The van der Waals surface area contributed by atoms with Gasteiger partial charge in [0.25, 0.3) is 0 Å². The molecule has 3 aromatic rings. The minimum atomic E-state index is -0.343. The molecular weight excluding hydrogens is 443 g/mol. The quantitative estimate of drug-likeness (QED) is 0.179. The van der Waals surface area contributed by atoms with Crippen molar-refractivity contribution in [2.45, 2.75) is 72.0 Å². The zero-order valence-corrected chi connectivity index (χ0v) is 22.4. The topological polar surface area (TPSA) is 27.7 Å². The molecule has 1 unspecified atom stereocenters. The first-order valence-corrected chi connectivity index (χ1v) is 13.4. The molecule has 0 aromatic heterocycles. The summed E-state index contributed by atoms with van der Waals surface area (Å²) in [4.78, 5) is 0. The first-order valence-electron chi connectivity index (χ1n) is 13.4. The molecule has 1 atom stereocenters. The third-order valence-electron chi connectivity index (χ3n) is 6.72. The highest BCUT2D eigenvalue weighted by Gasteiger charge is 2.38. The fraction of sp³-hybridized carbons (Fsp3) is 0.375. The largest absolute Gasteiger partial charge is 0.494 e. The molecule has 0 bridgehead atoms. The zero-order chi connectivity index (χ0) is 25.5. The van der Waals surface area contributed by atoms with Crippen LogP contribution in [0.3, 0.4) is 0 Å². The van der Waals surface area contributed by atoms with Crippen LogP contribution >= 0.6 is 0 Å². The number of benzene rings is 3. The van der Waals surface area contributed by atoms with Crippen molar-refractivity contribution < 1.29 is 14.0 Å². The van der Waals surface area contributed by atoms with Crippen molar-refractivity contribution in [3.63, 3.8) is 0 Å². The second kappa shape index (κ2) is 11.9. The van der Waals surface area contributed by atoms with Crippen LogP contribution < -0.4 is 10.2 Å². The molecule has 1 aliphatic heterocycles. The van der Waals surface area contributed by atoms with Gasteiger partial charge in [0.1, 0.15) is 5.75 Å². The Bertz CT molecular complexity index is 1130. The lowest BCUT2D eigenvalue weighted by Gasteiger charge is -2.38. The molecule has 0 saturated carbocycles. The maximum absolute atomic E-state index is 6.26. The first kappa shape index (κ1) is 26.3. The van der Waals surface area contributed by atoms with Crippen LogP contribution in [-0.2, 0) is 9.31 Å². The normalized spacial score (nSPS) is 18.0. The van der Waals surface area contributed by atoms with E-state index in [4.69, 9.17) is 14.0 Å². The van der Waals surface area contributed by atoms with Crippen LogP contribution in [0.15, 0.2) is 78.9 Å². The molecule has 4 rings (SSSR count). The Kier molecular flexibility index (Phi) is 8.71. The van der Waals surface area contributed by atoms with Gasteiger partial charge >= 0.3 is 7.12 Å². The van der Waals surface area contributed by atoms with Crippen molar-refractivity contribution in [1.82, 2.24) is 0 Å². The van der Waals surface area contributed by atoms with E-state index in [2.05, 4.69) is 113 Å². The fourth-order valence-electron chi connectivity index (χ4n) is 5.00. The SMILES string of the molecule is CCCCOc1ccc(C(=C(CC)c2ccccc2)c2ccc(B3OC(C)CC(C)(C)O3)cc2)cc1. The van der Waals surface area contributed by atoms with Gasteiger partial charge in [-0.1, -0.05) is 87.0 Å². The molecular formula is C32H39BO3. The fourth-order valence-corrected chi connectivity index (χ4v) is 5.00. The molecule has 0 spiro atoms. The third kappa shape index (κ3) is 6.49. The van der Waals surface area contributed by atoms with Crippen LogP contribution in [0, 0.1) is 0 Å². The maximum Gasteiger partial charge on any atom is 0.494 e. The van der Waals surface area contributed by atoms with Gasteiger partial charge in [-0.3, -0.25) is 0 Å². The van der Waals surface area contributed by atoms with Crippen molar-refractivity contribution in [2.24, 2.45) is 0 Å². The van der Waals surface area contributed by atoms with Gasteiger partial charge in [0, 0.05) is 6.10 Å². The van der Waals surface area contributed by atoms with E-state index in [1.54, 1.807) is 0 Å². The van der Waals surface area contributed by atoms with Gasteiger partial charge in [0.15, 0.2) is 0 Å². The van der Waals surface area contributed by atoms with Crippen molar-refractivity contribution in [2.75, 3.05) is 6.61 Å². The van der Waals surface area contributed by atoms with Crippen LogP contribution in [0.2, 0.25) is 0 Å². The van der Waals surface area contributed by atoms with E-state index in [1.165, 1.54) is 27.8 Å². The number of hydrogen-bond acceptors (Lipinski definition) is 3. The lowest BCUT2D eigenvalue weighted by molar-refractivity contribution is -0.0229. The molecule has 3 aromatic carbocycles. The molecule has 0 aliphatic carbocycles. The van der Waals surface area contributed by atoms with Crippen LogP contribution in [0.5, 0.6) is 5.75 Å². The molecule has 3 nitrogen and oxygen atoms in total. The molecule has 0 radical (unpaired) electrons. The van der Waals surface area contributed by atoms with Gasteiger partial charge in [-0.2, -0.15) is 0 Å². The highest BCUT2D eigenvalue weighted by molar-refractivity contribution is 6.61. The highest BCUT2D eigenvalue weighted by Crippen LogP contribution is 2.35. The molecule has 4 heteroatoms. The Morgan fingerprint density at radius 2 is 1.53 bits per heavy atom. The monoisotopic (exact) mass is 482 g/mol. The minimum absolute atomic E-state index is 0.164. The van der Waals surface area contributed by atoms with E-state index >= 15 is 0 Å². The Labute approximate surface area is 217 Å². The van der Waals surface area contributed by atoms with Crippen LogP contribution in [-0.4, -0.2) is 25.4 Å².